The average molecular weight is 252 g/mol. The van der Waals surface area contributed by atoms with Crippen molar-refractivity contribution in [2.45, 2.75) is 45.2 Å². The SMILES string of the molecule is CC(F)C(CCCCCc1ccccc1)C(=O)O. The zero-order valence-electron chi connectivity index (χ0n) is 10.8. The van der Waals surface area contributed by atoms with Gasteiger partial charge in [-0.2, -0.15) is 0 Å². The molecule has 0 spiro atoms. The Morgan fingerprint density at radius 1 is 1.22 bits per heavy atom. The van der Waals surface area contributed by atoms with Crippen molar-refractivity contribution in [2.75, 3.05) is 0 Å². The van der Waals surface area contributed by atoms with E-state index in [0.717, 1.165) is 25.7 Å². The van der Waals surface area contributed by atoms with E-state index in [1.807, 2.05) is 18.2 Å². The van der Waals surface area contributed by atoms with E-state index in [-0.39, 0.29) is 0 Å². The summed E-state index contributed by atoms with van der Waals surface area (Å²) in [6, 6.07) is 10.2. The van der Waals surface area contributed by atoms with Crippen LogP contribution in [0, 0.1) is 5.92 Å². The van der Waals surface area contributed by atoms with Crippen LogP contribution >= 0.6 is 0 Å². The first-order chi connectivity index (χ1) is 8.61. The number of hydrogen-bond acceptors (Lipinski definition) is 1. The molecule has 0 saturated carbocycles. The number of hydrogen-bond donors (Lipinski definition) is 1. The van der Waals surface area contributed by atoms with E-state index in [2.05, 4.69) is 12.1 Å². The van der Waals surface area contributed by atoms with Gasteiger partial charge in [-0.05, 0) is 31.7 Å². The fourth-order valence-corrected chi connectivity index (χ4v) is 2.06. The molecule has 0 saturated heterocycles. The zero-order chi connectivity index (χ0) is 13.4. The summed E-state index contributed by atoms with van der Waals surface area (Å²) >= 11 is 0. The van der Waals surface area contributed by atoms with E-state index < -0.39 is 18.1 Å². The molecule has 1 aromatic carbocycles. The second-order valence-electron chi connectivity index (χ2n) is 4.71. The van der Waals surface area contributed by atoms with Gasteiger partial charge < -0.3 is 5.11 Å². The van der Waals surface area contributed by atoms with Crippen molar-refractivity contribution in [1.82, 2.24) is 0 Å². The Morgan fingerprint density at radius 2 is 1.89 bits per heavy atom. The van der Waals surface area contributed by atoms with Crippen LogP contribution in [-0.4, -0.2) is 17.2 Å². The molecule has 0 aromatic heterocycles. The number of unbranched alkanes of at least 4 members (excludes halogenated alkanes) is 2. The van der Waals surface area contributed by atoms with E-state index >= 15 is 0 Å². The lowest BCUT2D eigenvalue weighted by atomic mass is 9.96. The first-order valence-corrected chi connectivity index (χ1v) is 6.52. The highest BCUT2D eigenvalue weighted by atomic mass is 19.1. The topological polar surface area (TPSA) is 37.3 Å². The number of halogens is 1. The monoisotopic (exact) mass is 252 g/mol. The van der Waals surface area contributed by atoms with Crippen molar-refractivity contribution < 1.29 is 14.3 Å². The summed E-state index contributed by atoms with van der Waals surface area (Å²) in [4.78, 5) is 10.8. The lowest BCUT2D eigenvalue weighted by Gasteiger charge is -2.12. The number of carbonyl (C=O) groups is 1. The van der Waals surface area contributed by atoms with E-state index in [0.29, 0.717) is 6.42 Å². The zero-order valence-corrected chi connectivity index (χ0v) is 10.8. The molecule has 0 heterocycles. The Bertz CT molecular complexity index is 349. The molecule has 0 aliphatic rings. The van der Waals surface area contributed by atoms with Crippen molar-refractivity contribution in [3.63, 3.8) is 0 Å². The molecule has 1 rings (SSSR count). The van der Waals surface area contributed by atoms with Crippen LogP contribution in [-0.2, 0) is 11.2 Å². The van der Waals surface area contributed by atoms with Crippen LogP contribution < -0.4 is 0 Å². The number of carboxylic acid groups (broad SMARTS) is 1. The van der Waals surface area contributed by atoms with Gasteiger partial charge in [0.15, 0.2) is 0 Å². The van der Waals surface area contributed by atoms with E-state index in [1.54, 1.807) is 0 Å². The van der Waals surface area contributed by atoms with Crippen molar-refractivity contribution in [1.29, 1.82) is 0 Å². The maximum absolute atomic E-state index is 13.0. The molecule has 2 atom stereocenters. The van der Waals surface area contributed by atoms with Crippen molar-refractivity contribution in [3.05, 3.63) is 35.9 Å². The van der Waals surface area contributed by atoms with E-state index in [4.69, 9.17) is 5.11 Å². The van der Waals surface area contributed by atoms with E-state index in [9.17, 15) is 9.18 Å². The lowest BCUT2D eigenvalue weighted by Crippen LogP contribution is -2.22. The predicted octanol–water partition coefficient (Wildman–Crippen LogP) is 3.85. The minimum atomic E-state index is -1.27. The standard InChI is InChI=1S/C15H21FO2/c1-12(16)14(15(17)18)11-7-3-6-10-13-8-4-2-5-9-13/h2,4-5,8-9,12,14H,3,6-7,10-11H2,1H3,(H,17,18). The van der Waals surface area contributed by atoms with Gasteiger partial charge in [0.2, 0.25) is 0 Å². The summed E-state index contributed by atoms with van der Waals surface area (Å²) in [6.45, 7) is 1.32. The Labute approximate surface area is 108 Å². The molecule has 0 aliphatic carbocycles. The maximum atomic E-state index is 13.0. The van der Waals surface area contributed by atoms with E-state index in [1.165, 1.54) is 12.5 Å². The summed E-state index contributed by atoms with van der Waals surface area (Å²) in [6.07, 6.45) is 2.92. The molecular formula is C15H21FO2. The summed E-state index contributed by atoms with van der Waals surface area (Å²) in [5.41, 5.74) is 1.30. The van der Waals surface area contributed by atoms with Crippen LogP contribution in [0.5, 0.6) is 0 Å². The largest absolute Gasteiger partial charge is 0.481 e. The van der Waals surface area contributed by atoms with Crippen LogP contribution in [0.2, 0.25) is 0 Å². The maximum Gasteiger partial charge on any atom is 0.309 e. The van der Waals surface area contributed by atoms with Crippen LogP contribution in [0.25, 0.3) is 0 Å². The second kappa shape index (κ2) is 7.85. The van der Waals surface area contributed by atoms with Gasteiger partial charge in [-0.3, -0.25) is 4.79 Å². The number of rotatable bonds is 8. The molecular weight excluding hydrogens is 231 g/mol. The Balaban J connectivity index is 2.17. The summed E-state index contributed by atoms with van der Waals surface area (Å²) in [5, 5.41) is 8.84. The van der Waals surface area contributed by atoms with Gasteiger partial charge in [-0.25, -0.2) is 4.39 Å². The predicted molar refractivity (Wildman–Crippen MR) is 70.3 cm³/mol. The second-order valence-corrected chi connectivity index (χ2v) is 4.71. The number of aliphatic carboxylic acids is 1. The van der Waals surface area contributed by atoms with Gasteiger partial charge >= 0.3 is 5.97 Å². The number of benzene rings is 1. The minimum absolute atomic E-state index is 0.432. The fraction of sp³-hybridized carbons (Fsp3) is 0.533. The molecule has 0 bridgehead atoms. The van der Waals surface area contributed by atoms with Crippen LogP contribution in [0.1, 0.15) is 38.2 Å². The Kier molecular flexibility index (Phi) is 6.40. The fourth-order valence-electron chi connectivity index (χ4n) is 2.06. The highest BCUT2D eigenvalue weighted by Gasteiger charge is 2.23. The summed E-state index contributed by atoms with van der Waals surface area (Å²) < 4.78 is 13.0. The molecule has 0 aliphatic heterocycles. The molecule has 0 fully saturated rings. The Morgan fingerprint density at radius 3 is 2.44 bits per heavy atom. The summed E-state index contributed by atoms with van der Waals surface area (Å²) in [5.74, 6) is -1.87. The molecule has 1 aromatic rings. The van der Waals surface area contributed by atoms with Gasteiger partial charge in [-0.1, -0.05) is 43.2 Å². The molecule has 3 heteroatoms. The van der Waals surface area contributed by atoms with Gasteiger partial charge in [0, 0.05) is 0 Å². The van der Waals surface area contributed by atoms with Crippen molar-refractivity contribution in [3.8, 4) is 0 Å². The first kappa shape index (κ1) is 14.7. The summed E-state index contributed by atoms with van der Waals surface area (Å²) in [7, 11) is 0. The minimum Gasteiger partial charge on any atom is -0.481 e. The molecule has 18 heavy (non-hydrogen) atoms. The quantitative estimate of drug-likeness (QED) is 0.713. The molecule has 0 amide bonds. The third-order valence-corrected chi connectivity index (χ3v) is 3.20. The molecule has 2 unspecified atom stereocenters. The smallest absolute Gasteiger partial charge is 0.309 e. The van der Waals surface area contributed by atoms with Crippen molar-refractivity contribution >= 4 is 5.97 Å². The highest BCUT2D eigenvalue weighted by Crippen LogP contribution is 2.17. The van der Waals surface area contributed by atoms with Crippen molar-refractivity contribution in [2.24, 2.45) is 5.92 Å². The van der Waals surface area contributed by atoms with Gasteiger partial charge in [-0.15, -0.1) is 0 Å². The molecule has 100 valence electrons. The molecule has 1 N–H and O–H groups in total. The third-order valence-electron chi connectivity index (χ3n) is 3.20. The van der Waals surface area contributed by atoms with Gasteiger partial charge in [0.05, 0.1) is 5.92 Å². The van der Waals surface area contributed by atoms with Crippen LogP contribution in [0.3, 0.4) is 0 Å². The number of aryl methyl sites for hydroxylation is 1. The third kappa shape index (κ3) is 5.30. The lowest BCUT2D eigenvalue weighted by molar-refractivity contribution is -0.144. The first-order valence-electron chi connectivity index (χ1n) is 6.52. The number of carboxylic acids is 1. The normalized spacial score (nSPS) is 14.1. The number of alkyl halides is 1. The highest BCUT2D eigenvalue weighted by molar-refractivity contribution is 5.70. The average Bonchev–Trinajstić information content (AvgIpc) is 2.34. The van der Waals surface area contributed by atoms with Gasteiger partial charge in [0.25, 0.3) is 0 Å². The van der Waals surface area contributed by atoms with Gasteiger partial charge in [0.1, 0.15) is 6.17 Å². The van der Waals surface area contributed by atoms with Crippen LogP contribution in [0.15, 0.2) is 30.3 Å². The van der Waals surface area contributed by atoms with Crippen LogP contribution in [0.4, 0.5) is 4.39 Å². The Hall–Kier alpha value is -1.38. The molecule has 2 nitrogen and oxygen atoms in total. The molecule has 0 radical (unpaired) electrons.